The molecule has 0 atom stereocenters. The van der Waals surface area contributed by atoms with Gasteiger partial charge in [0.05, 0.1) is 22.1 Å². The van der Waals surface area contributed by atoms with Crippen molar-refractivity contribution in [2.24, 2.45) is 0 Å². The van der Waals surface area contributed by atoms with Gasteiger partial charge in [-0.05, 0) is 108 Å². The first kappa shape index (κ1) is 35.6. The number of para-hydroxylation sites is 4. The Morgan fingerprint density at radius 1 is 0.323 bits per heavy atom. The summed E-state index contributed by atoms with van der Waals surface area (Å²) in [6.07, 6.45) is 0. The number of benzene rings is 10. The molecule has 12 aromatic rings. The van der Waals surface area contributed by atoms with Gasteiger partial charge >= 0.3 is 0 Å². The predicted molar refractivity (Wildman–Crippen MR) is 260 cm³/mol. The van der Waals surface area contributed by atoms with E-state index in [9.17, 15) is 0 Å². The van der Waals surface area contributed by atoms with Gasteiger partial charge in [-0.1, -0.05) is 146 Å². The summed E-state index contributed by atoms with van der Waals surface area (Å²) in [6, 6.07) is 84.6. The molecule has 12 rings (SSSR count). The zero-order valence-corrected chi connectivity index (χ0v) is 33.8. The van der Waals surface area contributed by atoms with Gasteiger partial charge in [0.1, 0.15) is 11.2 Å². The molecule has 0 aliphatic heterocycles. The van der Waals surface area contributed by atoms with Crippen LogP contribution in [0.3, 0.4) is 0 Å². The minimum Gasteiger partial charge on any atom is -0.456 e. The van der Waals surface area contributed by atoms with Crippen molar-refractivity contribution in [3.05, 3.63) is 237 Å². The van der Waals surface area contributed by atoms with E-state index < -0.39 is 0 Å². The molecule has 0 spiro atoms. The van der Waals surface area contributed by atoms with Crippen molar-refractivity contribution in [3.8, 4) is 16.8 Å². The summed E-state index contributed by atoms with van der Waals surface area (Å²) in [6.45, 7) is 0. The van der Waals surface area contributed by atoms with E-state index in [-0.39, 0.29) is 0 Å². The third-order valence-electron chi connectivity index (χ3n) is 12.1. The van der Waals surface area contributed by atoms with Crippen molar-refractivity contribution in [1.82, 2.24) is 4.57 Å². The highest BCUT2D eigenvalue weighted by atomic mass is 16.3. The van der Waals surface area contributed by atoms with Gasteiger partial charge < -0.3 is 18.8 Å². The lowest BCUT2D eigenvalue weighted by atomic mass is 10.0. The van der Waals surface area contributed by atoms with E-state index in [1.54, 1.807) is 0 Å². The lowest BCUT2D eigenvalue weighted by Crippen LogP contribution is -2.13. The molecule has 0 aliphatic carbocycles. The molecular formula is C58H39N3O. The Morgan fingerprint density at radius 2 is 0.919 bits per heavy atom. The van der Waals surface area contributed by atoms with Crippen molar-refractivity contribution in [1.29, 1.82) is 0 Å². The molecule has 0 fully saturated rings. The smallest absolute Gasteiger partial charge is 0.138 e. The maximum atomic E-state index is 6.59. The van der Waals surface area contributed by atoms with Gasteiger partial charge in [0, 0.05) is 55.7 Å². The maximum absolute atomic E-state index is 6.59. The van der Waals surface area contributed by atoms with E-state index in [1.165, 1.54) is 27.4 Å². The average Bonchev–Trinajstić information content (AvgIpc) is 3.88. The van der Waals surface area contributed by atoms with Crippen molar-refractivity contribution in [2.75, 3.05) is 9.80 Å². The zero-order valence-electron chi connectivity index (χ0n) is 33.8. The van der Waals surface area contributed by atoms with Crippen LogP contribution in [-0.2, 0) is 0 Å². The van der Waals surface area contributed by atoms with Crippen LogP contribution in [0.5, 0.6) is 0 Å². The van der Waals surface area contributed by atoms with Crippen LogP contribution in [0, 0.1) is 0 Å². The Bertz CT molecular complexity index is 3580. The molecule has 0 saturated carbocycles. The molecule has 0 radical (unpaired) electrons. The normalized spacial score (nSPS) is 11.5. The Balaban J connectivity index is 1.09. The van der Waals surface area contributed by atoms with Crippen LogP contribution < -0.4 is 9.80 Å². The van der Waals surface area contributed by atoms with Crippen molar-refractivity contribution >= 4 is 88.6 Å². The molecule has 4 heteroatoms. The second kappa shape index (κ2) is 14.7. The van der Waals surface area contributed by atoms with E-state index in [0.717, 1.165) is 78.0 Å². The predicted octanol–water partition coefficient (Wildman–Crippen LogP) is 16.4. The van der Waals surface area contributed by atoms with Crippen LogP contribution in [0.2, 0.25) is 0 Å². The third-order valence-corrected chi connectivity index (χ3v) is 12.1. The minimum absolute atomic E-state index is 0.862. The monoisotopic (exact) mass is 793 g/mol. The molecule has 0 unspecified atom stereocenters. The van der Waals surface area contributed by atoms with Crippen molar-refractivity contribution < 1.29 is 4.42 Å². The number of furan rings is 1. The highest BCUT2D eigenvalue weighted by molar-refractivity contribution is 6.22. The second-order valence-electron chi connectivity index (χ2n) is 15.7. The standard InChI is InChI=1S/C58H39N3O/c1-5-18-40(19-6-1)41-32-35-53-52(36-41)50-34-33-48(39-54(50)61(53)45-25-11-4-12-26-45)59(43-21-7-2-8-22-43)46-27-17-28-47(38-46)60(44-23-9-3-10-24-44)58-49-29-14-13-20-42(49)37-56-57(58)51-30-15-16-31-55(51)62-56/h1-39H. The Hall–Kier alpha value is -8.34. The Labute approximate surface area is 359 Å². The number of fused-ring (bicyclic) bond motifs is 7. The van der Waals surface area contributed by atoms with Gasteiger partial charge in [-0.2, -0.15) is 0 Å². The molecule has 0 bridgehead atoms. The Kier molecular flexibility index (Phi) is 8.46. The second-order valence-corrected chi connectivity index (χ2v) is 15.7. The molecule has 292 valence electrons. The summed E-state index contributed by atoms with van der Waals surface area (Å²) < 4.78 is 8.99. The third kappa shape index (κ3) is 5.92. The molecule has 0 amide bonds. The van der Waals surface area contributed by atoms with Crippen molar-refractivity contribution in [3.63, 3.8) is 0 Å². The summed E-state index contributed by atoms with van der Waals surface area (Å²) >= 11 is 0. The van der Waals surface area contributed by atoms with E-state index in [4.69, 9.17) is 4.42 Å². The fraction of sp³-hybridized carbons (Fsp3) is 0. The molecular weight excluding hydrogens is 755 g/mol. The van der Waals surface area contributed by atoms with E-state index in [2.05, 4.69) is 245 Å². The molecule has 2 aromatic heterocycles. The lowest BCUT2D eigenvalue weighted by Gasteiger charge is -2.30. The van der Waals surface area contributed by atoms with E-state index >= 15 is 0 Å². The SMILES string of the molecule is c1ccc(-c2ccc3c(c2)c2ccc(N(c4ccccc4)c4cccc(N(c5ccccc5)c5c6ccccc6cc6oc7ccccc7c56)c4)cc2n3-c2ccccc2)cc1. The number of aromatic nitrogens is 1. The molecule has 2 heterocycles. The summed E-state index contributed by atoms with van der Waals surface area (Å²) in [5, 5.41) is 6.86. The molecule has 4 nitrogen and oxygen atoms in total. The van der Waals surface area contributed by atoms with Gasteiger partial charge in [0.2, 0.25) is 0 Å². The zero-order chi connectivity index (χ0) is 41.0. The molecule has 10 aromatic carbocycles. The van der Waals surface area contributed by atoms with Crippen LogP contribution >= 0.6 is 0 Å². The van der Waals surface area contributed by atoms with Crippen LogP contribution in [-0.4, -0.2) is 4.57 Å². The average molecular weight is 794 g/mol. The number of rotatable bonds is 8. The minimum atomic E-state index is 0.862. The molecule has 0 saturated heterocycles. The van der Waals surface area contributed by atoms with Gasteiger partial charge in [0.15, 0.2) is 0 Å². The first-order valence-electron chi connectivity index (χ1n) is 21.1. The molecule has 0 aliphatic rings. The van der Waals surface area contributed by atoms with Gasteiger partial charge in [-0.25, -0.2) is 0 Å². The van der Waals surface area contributed by atoms with Crippen LogP contribution in [0.1, 0.15) is 0 Å². The topological polar surface area (TPSA) is 24.6 Å². The first-order valence-corrected chi connectivity index (χ1v) is 21.1. The fourth-order valence-corrected chi connectivity index (χ4v) is 9.35. The van der Waals surface area contributed by atoms with Crippen molar-refractivity contribution in [2.45, 2.75) is 0 Å². The largest absolute Gasteiger partial charge is 0.456 e. The number of nitrogens with zero attached hydrogens (tertiary/aromatic N) is 3. The fourth-order valence-electron chi connectivity index (χ4n) is 9.35. The van der Waals surface area contributed by atoms with E-state index in [0.29, 0.717) is 0 Å². The Morgan fingerprint density at radius 3 is 1.68 bits per heavy atom. The maximum Gasteiger partial charge on any atom is 0.138 e. The number of hydrogen-bond donors (Lipinski definition) is 0. The van der Waals surface area contributed by atoms with Gasteiger partial charge in [-0.15, -0.1) is 0 Å². The molecule has 0 N–H and O–H groups in total. The summed E-state index contributed by atoms with van der Waals surface area (Å²) in [4.78, 5) is 4.78. The van der Waals surface area contributed by atoms with Crippen LogP contribution in [0.25, 0.3) is 71.3 Å². The number of hydrogen-bond acceptors (Lipinski definition) is 3. The quantitative estimate of drug-likeness (QED) is 0.153. The van der Waals surface area contributed by atoms with Crippen LogP contribution in [0.4, 0.5) is 34.1 Å². The number of anilines is 6. The first-order chi connectivity index (χ1) is 30.8. The van der Waals surface area contributed by atoms with E-state index in [1.807, 2.05) is 6.07 Å². The summed E-state index contributed by atoms with van der Waals surface area (Å²) in [5.41, 5.74) is 13.9. The highest BCUT2D eigenvalue weighted by Crippen LogP contribution is 2.48. The summed E-state index contributed by atoms with van der Waals surface area (Å²) in [5.74, 6) is 0. The lowest BCUT2D eigenvalue weighted by molar-refractivity contribution is 0.669. The molecule has 62 heavy (non-hydrogen) atoms. The summed E-state index contributed by atoms with van der Waals surface area (Å²) in [7, 11) is 0. The highest BCUT2D eigenvalue weighted by Gasteiger charge is 2.24. The van der Waals surface area contributed by atoms with Gasteiger partial charge in [0.25, 0.3) is 0 Å². The van der Waals surface area contributed by atoms with Gasteiger partial charge in [-0.3, -0.25) is 0 Å². The van der Waals surface area contributed by atoms with Crippen LogP contribution in [0.15, 0.2) is 241 Å².